The lowest BCUT2D eigenvalue weighted by molar-refractivity contribution is -0.149. The van der Waals surface area contributed by atoms with Crippen LogP contribution in [-0.2, 0) is 9.59 Å². The summed E-state index contributed by atoms with van der Waals surface area (Å²) in [5, 5.41) is 11.9. The Morgan fingerprint density at radius 1 is 1.42 bits per heavy atom. The van der Waals surface area contributed by atoms with E-state index in [2.05, 4.69) is 5.32 Å². The second-order valence-corrected chi connectivity index (χ2v) is 4.36. The Kier molecular flexibility index (Phi) is 5.36. The van der Waals surface area contributed by atoms with E-state index in [1.165, 1.54) is 18.4 Å². The van der Waals surface area contributed by atoms with Crippen molar-refractivity contribution in [2.45, 2.75) is 26.7 Å². The van der Waals surface area contributed by atoms with Crippen LogP contribution in [0.4, 0.5) is 0 Å². The summed E-state index contributed by atoms with van der Waals surface area (Å²) < 4.78 is 5.05. The summed E-state index contributed by atoms with van der Waals surface area (Å²) in [7, 11) is 0. The fourth-order valence-corrected chi connectivity index (χ4v) is 1.74. The fourth-order valence-electron chi connectivity index (χ4n) is 1.74. The number of carbonyl (C=O) groups excluding carboxylic acids is 1. The van der Waals surface area contributed by atoms with E-state index in [-0.39, 0.29) is 12.5 Å². The molecule has 0 aliphatic heterocycles. The molecule has 0 unspecified atom stereocenters. The minimum atomic E-state index is -0.895. The van der Waals surface area contributed by atoms with Gasteiger partial charge in [-0.05, 0) is 31.1 Å². The van der Waals surface area contributed by atoms with E-state index in [4.69, 9.17) is 4.42 Å². The zero-order valence-electron chi connectivity index (χ0n) is 11.2. The van der Waals surface area contributed by atoms with Crippen LogP contribution in [0.2, 0.25) is 0 Å². The molecule has 5 nitrogen and oxygen atoms in total. The highest BCUT2D eigenvalue weighted by Crippen LogP contribution is 2.25. The maximum atomic E-state index is 11.6. The molecule has 1 aromatic heterocycles. The lowest BCUT2D eigenvalue weighted by atomic mass is 9.82. The SMILES string of the molecule is CCC(CC)(CNC(=O)C=Cc1ccco1)C(=O)O. The third kappa shape index (κ3) is 3.98. The first kappa shape index (κ1) is 15.0. The summed E-state index contributed by atoms with van der Waals surface area (Å²) >= 11 is 0. The summed E-state index contributed by atoms with van der Waals surface area (Å²) in [6, 6.07) is 3.45. The number of hydrogen-bond acceptors (Lipinski definition) is 3. The van der Waals surface area contributed by atoms with E-state index in [1.54, 1.807) is 12.1 Å². The van der Waals surface area contributed by atoms with Gasteiger partial charge in [-0.3, -0.25) is 9.59 Å². The highest BCUT2D eigenvalue weighted by molar-refractivity contribution is 5.91. The van der Waals surface area contributed by atoms with Crippen molar-refractivity contribution in [3.05, 3.63) is 30.2 Å². The summed E-state index contributed by atoms with van der Waals surface area (Å²) in [5.74, 6) is -0.637. The first-order valence-electron chi connectivity index (χ1n) is 6.27. The highest BCUT2D eigenvalue weighted by Gasteiger charge is 2.34. The molecule has 0 spiro atoms. The van der Waals surface area contributed by atoms with Gasteiger partial charge >= 0.3 is 5.97 Å². The maximum absolute atomic E-state index is 11.6. The molecule has 0 aliphatic carbocycles. The number of amides is 1. The standard InChI is InChI=1S/C14H19NO4/c1-3-14(4-2,13(17)18)10-15-12(16)8-7-11-6-5-9-19-11/h5-9H,3-4,10H2,1-2H3,(H,15,16)(H,17,18). The van der Waals surface area contributed by atoms with Crippen molar-refractivity contribution in [3.8, 4) is 0 Å². The third-order valence-corrected chi connectivity index (χ3v) is 3.35. The molecule has 2 N–H and O–H groups in total. The van der Waals surface area contributed by atoms with E-state index in [0.717, 1.165) is 0 Å². The highest BCUT2D eigenvalue weighted by atomic mass is 16.4. The molecule has 0 bridgehead atoms. The van der Waals surface area contributed by atoms with Crippen molar-refractivity contribution >= 4 is 18.0 Å². The number of carboxylic acids is 1. The zero-order chi connectivity index (χ0) is 14.3. The van der Waals surface area contributed by atoms with Gasteiger partial charge in [0, 0.05) is 12.6 Å². The zero-order valence-corrected chi connectivity index (χ0v) is 11.2. The average Bonchev–Trinajstić information content (AvgIpc) is 2.91. The molecule has 1 amide bonds. The van der Waals surface area contributed by atoms with Gasteiger partial charge in [0.2, 0.25) is 5.91 Å². The molecule has 1 heterocycles. The molecule has 0 aromatic carbocycles. The van der Waals surface area contributed by atoms with Gasteiger partial charge in [0.1, 0.15) is 5.76 Å². The largest absolute Gasteiger partial charge is 0.481 e. The number of aliphatic carboxylic acids is 1. The molecule has 0 aliphatic rings. The van der Waals surface area contributed by atoms with Crippen LogP contribution in [-0.4, -0.2) is 23.5 Å². The number of rotatable bonds is 7. The molecule has 0 saturated carbocycles. The van der Waals surface area contributed by atoms with Crippen LogP contribution < -0.4 is 5.32 Å². The van der Waals surface area contributed by atoms with Gasteiger partial charge < -0.3 is 14.8 Å². The molecule has 0 saturated heterocycles. The van der Waals surface area contributed by atoms with Crippen LogP contribution >= 0.6 is 0 Å². The van der Waals surface area contributed by atoms with Crippen LogP contribution in [0.5, 0.6) is 0 Å². The van der Waals surface area contributed by atoms with Crippen LogP contribution in [0.1, 0.15) is 32.4 Å². The van der Waals surface area contributed by atoms with Gasteiger partial charge in [-0.25, -0.2) is 0 Å². The Balaban J connectivity index is 2.55. The first-order valence-corrected chi connectivity index (χ1v) is 6.27. The molecular weight excluding hydrogens is 246 g/mol. The predicted molar refractivity (Wildman–Crippen MR) is 71.4 cm³/mol. The fraction of sp³-hybridized carbons (Fsp3) is 0.429. The van der Waals surface area contributed by atoms with E-state index in [1.807, 2.05) is 13.8 Å². The smallest absolute Gasteiger partial charge is 0.311 e. The molecule has 5 heteroatoms. The second kappa shape index (κ2) is 6.78. The molecule has 0 atom stereocenters. The Bertz CT molecular complexity index is 444. The van der Waals surface area contributed by atoms with Crippen LogP contribution in [0.3, 0.4) is 0 Å². The van der Waals surface area contributed by atoms with E-state index in [0.29, 0.717) is 18.6 Å². The van der Waals surface area contributed by atoms with E-state index in [9.17, 15) is 14.7 Å². The summed E-state index contributed by atoms with van der Waals surface area (Å²) in [4.78, 5) is 22.9. The van der Waals surface area contributed by atoms with Gasteiger partial charge in [-0.2, -0.15) is 0 Å². The van der Waals surface area contributed by atoms with Crippen LogP contribution in [0.15, 0.2) is 28.9 Å². The van der Waals surface area contributed by atoms with Crippen molar-refractivity contribution in [3.63, 3.8) is 0 Å². The van der Waals surface area contributed by atoms with Gasteiger partial charge in [0.05, 0.1) is 11.7 Å². The predicted octanol–water partition coefficient (Wildman–Crippen LogP) is 2.30. The second-order valence-electron chi connectivity index (χ2n) is 4.36. The van der Waals surface area contributed by atoms with Crippen molar-refractivity contribution in [1.82, 2.24) is 5.32 Å². The minimum Gasteiger partial charge on any atom is -0.481 e. The van der Waals surface area contributed by atoms with Crippen molar-refractivity contribution < 1.29 is 19.1 Å². The molecule has 104 valence electrons. The normalized spacial score (nSPS) is 11.7. The van der Waals surface area contributed by atoms with Gasteiger partial charge in [0.25, 0.3) is 0 Å². The van der Waals surface area contributed by atoms with Crippen LogP contribution in [0.25, 0.3) is 6.08 Å². The molecule has 1 rings (SSSR count). The number of hydrogen-bond donors (Lipinski definition) is 2. The monoisotopic (exact) mass is 265 g/mol. The van der Waals surface area contributed by atoms with Crippen LogP contribution in [0, 0.1) is 5.41 Å². The number of carboxylic acid groups (broad SMARTS) is 1. The van der Waals surface area contributed by atoms with Gasteiger partial charge in [-0.1, -0.05) is 13.8 Å². The molecule has 1 aromatic rings. The maximum Gasteiger partial charge on any atom is 0.311 e. The Hall–Kier alpha value is -2.04. The van der Waals surface area contributed by atoms with Gasteiger partial charge in [-0.15, -0.1) is 0 Å². The molecule has 0 fully saturated rings. The van der Waals surface area contributed by atoms with Gasteiger partial charge in [0.15, 0.2) is 0 Å². The lowest BCUT2D eigenvalue weighted by Crippen LogP contribution is -2.41. The third-order valence-electron chi connectivity index (χ3n) is 3.35. The lowest BCUT2D eigenvalue weighted by Gasteiger charge is -2.26. The van der Waals surface area contributed by atoms with E-state index >= 15 is 0 Å². The summed E-state index contributed by atoms with van der Waals surface area (Å²) in [5.41, 5.74) is -0.895. The average molecular weight is 265 g/mol. The number of furan rings is 1. The van der Waals surface area contributed by atoms with Crippen molar-refractivity contribution in [1.29, 1.82) is 0 Å². The van der Waals surface area contributed by atoms with E-state index < -0.39 is 11.4 Å². The first-order chi connectivity index (χ1) is 9.04. The summed E-state index contributed by atoms with van der Waals surface area (Å²) in [6.07, 6.45) is 5.33. The molecular formula is C14H19NO4. The van der Waals surface area contributed by atoms with Crippen molar-refractivity contribution in [2.75, 3.05) is 6.54 Å². The summed E-state index contributed by atoms with van der Waals surface area (Å²) in [6.45, 7) is 3.74. The molecule has 19 heavy (non-hydrogen) atoms. The number of nitrogens with one attached hydrogen (secondary N) is 1. The minimum absolute atomic E-state index is 0.122. The Labute approximate surface area is 112 Å². The molecule has 0 radical (unpaired) electrons. The quantitative estimate of drug-likeness (QED) is 0.741. The van der Waals surface area contributed by atoms with Crippen molar-refractivity contribution in [2.24, 2.45) is 5.41 Å². The Morgan fingerprint density at radius 2 is 2.11 bits per heavy atom. The number of carbonyl (C=O) groups is 2. The Morgan fingerprint density at radius 3 is 2.58 bits per heavy atom. The topological polar surface area (TPSA) is 79.5 Å².